The second-order valence-electron chi connectivity index (χ2n) is 6.15. The lowest BCUT2D eigenvalue weighted by Crippen LogP contribution is -2.41. The van der Waals surface area contributed by atoms with Crippen molar-refractivity contribution in [1.82, 2.24) is 25.2 Å². The number of hydrogen-bond acceptors (Lipinski definition) is 5. The van der Waals surface area contributed by atoms with Crippen molar-refractivity contribution in [2.24, 2.45) is 0 Å². The second kappa shape index (κ2) is 6.45. The molecule has 20 heavy (non-hydrogen) atoms. The number of nitrogens with zero attached hydrogens (tertiary/aromatic N) is 4. The lowest BCUT2D eigenvalue weighted by molar-refractivity contribution is 0.255. The third-order valence-corrected chi connectivity index (χ3v) is 5.10. The Hall–Kier alpha value is -0.590. The normalized spacial score (nSPS) is 27.9. The Balaban J connectivity index is 1.43. The van der Waals surface area contributed by atoms with Crippen LogP contribution in [0, 0.1) is 0 Å². The summed E-state index contributed by atoms with van der Waals surface area (Å²) in [4.78, 5) is 2.55. The summed E-state index contributed by atoms with van der Waals surface area (Å²) in [7, 11) is 0. The number of thioether (sulfide) groups is 1. The van der Waals surface area contributed by atoms with E-state index in [2.05, 4.69) is 52.3 Å². The van der Waals surface area contributed by atoms with Crippen LogP contribution in [0.5, 0.6) is 0 Å². The first-order valence-electron chi connectivity index (χ1n) is 7.69. The first-order chi connectivity index (χ1) is 9.69. The maximum Gasteiger partial charge on any atom is 0.0964 e. The van der Waals surface area contributed by atoms with Gasteiger partial charge < -0.3 is 5.32 Å². The van der Waals surface area contributed by atoms with Crippen molar-refractivity contribution in [3.63, 3.8) is 0 Å². The van der Waals surface area contributed by atoms with Crippen LogP contribution in [-0.2, 0) is 13.1 Å². The van der Waals surface area contributed by atoms with Crippen molar-refractivity contribution in [2.45, 2.75) is 56.3 Å². The molecule has 2 heterocycles. The molecule has 1 N–H and O–H groups in total. The van der Waals surface area contributed by atoms with E-state index in [0.717, 1.165) is 41.9 Å². The molecular formula is C14H25N5S. The van der Waals surface area contributed by atoms with Crippen LogP contribution in [0.25, 0.3) is 0 Å². The first-order valence-corrected chi connectivity index (χ1v) is 8.63. The quantitative estimate of drug-likeness (QED) is 0.858. The van der Waals surface area contributed by atoms with E-state index in [1.165, 1.54) is 25.9 Å². The lowest BCUT2D eigenvalue weighted by Gasteiger charge is -2.34. The summed E-state index contributed by atoms with van der Waals surface area (Å²) in [6.07, 6.45) is 4.72. The standard InChI is InChI=1S/C14H25N5S/c1-11-8-18(9-12(2)20-11)5-6-19-10-14(16-17-19)7-15-13-3-4-13/h10-13,15H,3-9H2,1-2H3. The second-order valence-corrected chi connectivity index (χ2v) is 8.03. The topological polar surface area (TPSA) is 46.0 Å². The molecule has 6 heteroatoms. The number of hydrogen-bond donors (Lipinski definition) is 1. The average molecular weight is 295 g/mol. The van der Waals surface area contributed by atoms with Gasteiger partial charge in [-0.25, -0.2) is 0 Å². The SMILES string of the molecule is CC1CN(CCn2cc(CNC3CC3)nn2)CC(C)S1. The predicted octanol–water partition coefficient (Wildman–Crippen LogP) is 1.36. The van der Waals surface area contributed by atoms with Crippen LogP contribution in [-0.4, -0.2) is 56.1 Å². The number of aromatic nitrogens is 3. The van der Waals surface area contributed by atoms with E-state index < -0.39 is 0 Å². The zero-order valence-corrected chi connectivity index (χ0v) is 13.3. The minimum Gasteiger partial charge on any atom is -0.308 e. The molecule has 1 saturated heterocycles. The highest BCUT2D eigenvalue weighted by molar-refractivity contribution is 8.00. The molecule has 1 aromatic rings. The third-order valence-electron chi connectivity index (χ3n) is 3.88. The summed E-state index contributed by atoms with van der Waals surface area (Å²) >= 11 is 2.10. The minimum atomic E-state index is 0.731. The van der Waals surface area contributed by atoms with Gasteiger partial charge in [0.15, 0.2) is 0 Å². The van der Waals surface area contributed by atoms with Gasteiger partial charge >= 0.3 is 0 Å². The highest BCUT2D eigenvalue weighted by atomic mass is 32.2. The van der Waals surface area contributed by atoms with Crippen LogP contribution in [0.2, 0.25) is 0 Å². The predicted molar refractivity (Wildman–Crippen MR) is 82.8 cm³/mol. The molecule has 0 amide bonds. The highest BCUT2D eigenvalue weighted by Gasteiger charge is 2.22. The van der Waals surface area contributed by atoms with E-state index >= 15 is 0 Å². The van der Waals surface area contributed by atoms with Crippen molar-refractivity contribution < 1.29 is 0 Å². The molecule has 1 aliphatic heterocycles. The fourth-order valence-corrected chi connectivity index (χ4v) is 4.16. The molecule has 0 radical (unpaired) electrons. The monoisotopic (exact) mass is 295 g/mol. The molecule has 1 saturated carbocycles. The van der Waals surface area contributed by atoms with Crippen molar-refractivity contribution in [3.8, 4) is 0 Å². The first kappa shape index (κ1) is 14.4. The molecular weight excluding hydrogens is 270 g/mol. The van der Waals surface area contributed by atoms with E-state index in [0.29, 0.717) is 0 Å². The summed E-state index contributed by atoms with van der Waals surface area (Å²) in [6, 6.07) is 0.731. The minimum absolute atomic E-state index is 0.731. The van der Waals surface area contributed by atoms with Crippen LogP contribution in [0.1, 0.15) is 32.4 Å². The van der Waals surface area contributed by atoms with Gasteiger partial charge in [0.2, 0.25) is 0 Å². The number of rotatable bonds is 6. The maximum atomic E-state index is 4.24. The fourth-order valence-electron chi connectivity index (χ4n) is 2.78. The van der Waals surface area contributed by atoms with E-state index in [-0.39, 0.29) is 0 Å². The van der Waals surface area contributed by atoms with Gasteiger partial charge in [0.1, 0.15) is 0 Å². The molecule has 2 unspecified atom stereocenters. The average Bonchev–Trinajstić information content (AvgIpc) is 3.12. The molecule has 2 fully saturated rings. The molecule has 0 spiro atoms. The van der Waals surface area contributed by atoms with Crippen LogP contribution in [0.4, 0.5) is 0 Å². The Morgan fingerprint density at radius 1 is 1.25 bits per heavy atom. The summed E-state index contributed by atoms with van der Waals surface area (Å²) in [5.74, 6) is 0. The summed E-state index contributed by atoms with van der Waals surface area (Å²) < 4.78 is 1.99. The third kappa shape index (κ3) is 4.20. The van der Waals surface area contributed by atoms with E-state index in [4.69, 9.17) is 0 Å². The molecule has 2 atom stereocenters. The van der Waals surface area contributed by atoms with Gasteiger partial charge in [-0.3, -0.25) is 9.58 Å². The summed E-state index contributed by atoms with van der Waals surface area (Å²) in [5, 5.41) is 13.4. The maximum absolute atomic E-state index is 4.24. The van der Waals surface area contributed by atoms with Crippen LogP contribution >= 0.6 is 11.8 Å². The Labute approximate surface area is 125 Å². The van der Waals surface area contributed by atoms with Crippen molar-refractivity contribution in [3.05, 3.63) is 11.9 Å². The van der Waals surface area contributed by atoms with Crippen molar-refractivity contribution in [2.75, 3.05) is 19.6 Å². The fraction of sp³-hybridized carbons (Fsp3) is 0.857. The van der Waals surface area contributed by atoms with Gasteiger partial charge in [0, 0.05) is 48.9 Å². The molecule has 1 aliphatic carbocycles. The Morgan fingerprint density at radius 3 is 2.70 bits per heavy atom. The highest BCUT2D eigenvalue weighted by Crippen LogP contribution is 2.24. The Bertz CT molecular complexity index is 421. The zero-order chi connectivity index (χ0) is 13.9. The van der Waals surface area contributed by atoms with Crippen molar-refractivity contribution in [1.29, 1.82) is 0 Å². The van der Waals surface area contributed by atoms with Gasteiger partial charge in [-0.05, 0) is 12.8 Å². The molecule has 5 nitrogen and oxygen atoms in total. The molecule has 2 aliphatic rings. The Kier molecular flexibility index (Phi) is 4.63. The zero-order valence-electron chi connectivity index (χ0n) is 12.5. The molecule has 0 bridgehead atoms. The van der Waals surface area contributed by atoms with E-state index in [9.17, 15) is 0 Å². The van der Waals surface area contributed by atoms with Gasteiger partial charge in [0.25, 0.3) is 0 Å². The van der Waals surface area contributed by atoms with Crippen LogP contribution < -0.4 is 5.32 Å². The molecule has 1 aromatic heterocycles. The molecule has 112 valence electrons. The smallest absolute Gasteiger partial charge is 0.0964 e. The molecule has 3 rings (SSSR count). The van der Waals surface area contributed by atoms with Gasteiger partial charge in [-0.2, -0.15) is 11.8 Å². The largest absolute Gasteiger partial charge is 0.308 e. The van der Waals surface area contributed by atoms with Gasteiger partial charge in [-0.15, -0.1) is 5.10 Å². The van der Waals surface area contributed by atoms with Crippen molar-refractivity contribution >= 4 is 11.8 Å². The molecule has 0 aromatic carbocycles. The van der Waals surface area contributed by atoms with E-state index in [1.54, 1.807) is 0 Å². The van der Waals surface area contributed by atoms with Gasteiger partial charge in [0.05, 0.1) is 12.2 Å². The van der Waals surface area contributed by atoms with Crippen LogP contribution in [0.15, 0.2) is 6.20 Å². The van der Waals surface area contributed by atoms with Gasteiger partial charge in [-0.1, -0.05) is 19.1 Å². The summed E-state index contributed by atoms with van der Waals surface area (Å²) in [6.45, 7) is 9.92. The summed E-state index contributed by atoms with van der Waals surface area (Å²) in [5.41, 5.74) is 1.06. The van der Waals surface area contributed by atoms with Crippen LogP contribution in [0.3, 0.4) is 0 Å². The Morgan fingerprint density at radius 2 is 2.00 bits per heavy atom. The lowest BCUT2D eigenvalue weighted by atomic mass is 10.3. The number of nitrogens with one attached hydrogen (secondary N) is 1. The van der Waals surface area contributed by atoms with E-state index in [1.807, 2.05) is 4.68 Å².